The molecule has 1 saturated heterocycles. The molecule has 0 aromatic heterocycles. The van der Waals surface area contributed by atoms with E-state index in [4.69, 9.17) is 0 Å². The van der Waals surface area contributed by atoms with Gasteiger partial charge in [0.25, 0.3) is 5.91 Å². The van der Waals surface area contributed by atoms with Crippen molar-refractivity contribution >= 4 is 5.91 Å². The number of aliphatic hydroxyl groups is 1. The van der Waals surface area contributed by atoms with Crippen molar-refractivity contribution in [3.05, 3.63) is 35.9 Å². The van der Waals surface area contributed by atoms with Gasteiger partial charge in [-0.05, 0) is 42.3 Å². The largest absolute Gasteiger partial charge is 0.375 e. The van der Waals surface area contributed by atoms with E-state index in [2.05, 4.69) is 10.6 Å². The van der Waals surface area contributed by atoms with Crippen LogP contribution in [0.2, 0.25) is 0 Å². The Morgan fingerprint density at radius 2 is 1.95 bits per heavy atom. The number of carbonyl (C=O) groups excluding carboxylic acids is 1. The lowest BCUT2D eigenvalue weighted by Gasteiger charge is -2.31. The van der Waals surface area contributed by atoms with Gasteiger partial charge in [-0.3, -0.25) is 4.79 Å². The molecule has 4 heteroatoms. The summed E-state index contributed by atoms with van der Waals surface area (Å²) in [7, 11) is 0. The molecule has 114 valence electrons. The number of carbonyl (C=O) groups is 1. The van der Waals surface area contributed by atoms with Crippen LogP contribution in [0.25, 0.3) is 0 Å². The number of hydrogen-bond donors (Lipinski definition) is 3. The summed E-state index contributed by atoms with van der Waals surface area (Å²) in [5, 5.41) is 17.3. The molecule has 4 nitrogen and oxygen atoms in total. The number of amides is 1. The van der Waals surface area contributed by atoms with Gasteiger partial charge < -0.3 is 15.7 Å². The van der Waals surface area contributed by atoms with E-state index in [0.717, 1.165) is 13.1 Å². The zero-order valence-corrected chi connectivity index (χ0v) is 12.7. The Morgan fingerprint density at radius 1 is 1.33 bits per heavy atom. The standard InChI is InChI=1S/C17H24N2O2/c1-11(2)17(21,12-6-4-3-5-7-12)16(20)19-10-15-13-8-18-9-14(13)15/h3-7,11,13-15,18,21H,8-10H2,1-2H3,(H,19,20)/t13-,14+,15?,17-/m1/s1. The van der Waals surface area contributed by atoms with Gasteiger partial charge in [-0.25, -0.2) is 0 Å². The first-order chi connectivity index (χ1) is 10.0. The Balaban J connectivity index is 1.67. The number of fused-ring (bicyclic) bond motifs is 1. The molecule has 3 rings (SSSR count). The van der Waals surface area contributed by atoms with E-state index in [-0.39, 0.29) is 11.8 Å². The Kier molecular flexibility index (Phi) is 3.76. The van der Waals surface area contributed by atoms with Crippen LogP contribution in [0.1, 0.15) is 19.4 Å². The quantitative estimate of drug-likeness (QED) is 0.761. The highest BCUT2D eigenvalue weighted by atomic mass is 16.3. The molecule has 2 aliphatic rings. The van der Waals surface area contributed by atoms with E-state index in [0.29, 0.717) is 29.9 Å². The second-order valence-electron chi connectivity index (χ2n) is 6.65. The molecule has 1 amide bonds. The Bertz CT molecular complexity index is 507. The first-order valence-corrected chi connectivity index (χ1v) is 7.82. The van der Waals surface area contributed by atoms with Crippen molar-refractivity contribution in [2.45, 2.75) is 19.4 Å². The molecular formula is C17H24N2O2. The molecule has 1 aromatic rings. The number of nitrogens with one attached hydrogen (secondary N) is 2. The van der Waals surface area contributed by atoms with Crippen molar-refractivity contribution in [2.75, 3.05) is 19.6 Å². The highest BCUT2D eigenvalue weighted by Gasteiger charge is 2.53. The molecule has 1 heterocycles. The van der Waals surface area contributed by atoms with Gasteiger partial charge in [0, 0.05) is 6.54 Å². The lowest BCUT2D eigenvalue weighted by Crippen LogP contribution is -2.48. The third-order valence-electron chi connectivity index (χ3n) is 5.16. The highest BCUT2D eigenvalue weighted by Crippen LogP contribution is 2.48. The monoisotopic (exact) mass is 288 g/mol. The van der Waals surface area contributed by atoms with E-state index < -0.39 is 5.60 Å². The van der Waals surface area contributed by atoms with Gasteiger partial charge >= 0.3 is 0 Å². The smallest absolute Gasteiger partial charge is 0.256 e. The summed E-state index contributed by atoms with van der Waals surface area (Å²) in [5.74, 6) is 1.56. The fraction of sp³-hybridized carbons (Fsp3) is 0.588. The van der Waals surface area contributed by atoms with Gasteiger partial charge in [-0.1, -0.05) is 44.2 Å². The summed E-state index contributed by atoms with van der Waals surface area (Å²) in [6.07, 6.45) is 0. The first-order valence-electron chi connectivity index (χ1n) is 7.82. The molecule has 0 bridgehead atoms. The molecule has 0 radical (unpaired) electrons. The van der Waals surface area contributed by atoms with Gasteiger partial charge in [0.15, 0.2) is 5.60 Å². The van der Waals surface area contributed by atoms with Crippen LogP contribution in [0.3, 0.4) is 0 Å². The second kappa shape index (κ2) is 5.43. The van der Waals surface area contributed by atoms with Crippen LogP contribution < -0.4 is 10.6 Å². The fourth-order valence-electron chi connectivity index (χ4n) is 3.61. The van der Waals surface area contributed by atoms with Crippen LogP contribution in [0, 0.1) is 23.7 Å². The van der Waals surface area contributed by atoms with Crippen LogP contribution in [-0.2, 0) is 10.4 Å². The van der Waals surface area contributed by atoms with Gasteiger partial charge in [-0.2, -0.15) is 0 Å². The maximum atomic E-state index is 12.6. The van der Waals surface area contributed by atoms with Crippen LogP contribution in [-0.4, -0.2) is 30.6 Å². The van der Waals surface area contributed by atoms with Crippen molar-refractivity contribution in [1.29, 1.82) is 0 Å². The molecule has 1 unspecified atom stereocenters. The SMILES string of the molecule is CC(C)[C@](O)(C(=O)NCC1[C@H]2CNC[C@@H]12)c1ccccc1. The molecule has 21 heavy (non-hydrogen) atoms. The summed E-state index contributed by atoms with van der Waals surface area (Å²) >= 11 is 0. The molecule has 1 aliphatic heterocycles. The van der Waals surface area contributed by atoms with E-state index in [1.165, 1.54) is 0 Å². The van der Waals surface area contributed by atoms with E-state index in [9.17, 15) is 9.90 Å². The number of piperidine rings is 1. The lowest BCUT2D eigenvalue weighted by molar-refractivity contribution is -0.146. The van der Waals surface area contributed by atoms with E-state index in [1.807, 2.05) is 44.2 Å². The number of benzene rings is 1. The predicted octanol–water partition coefficient (Wildman–Crippen LogP) is 1.11. The van der Waals surface area contributed by atoms with Crippen molar-refractivity contribution in [3.8, 4) is 0 Å². The first kappa shape index (κ1) is 14.5. The van der Waals surface area contributed by atoms with Crippen molar-refractivity contribution < 1.29 is 9.90 Å². The predicted molar refractivity (Wildman–Crippen MR) is 81.5 cm³/mol. The zero-order chi connectivity index (χ0) is 15.0. The average Bonchev–Trinajstić information content (AvgIpc) is 2.93. The Hall–Kier alpha value is -1.39. The number of rotatable bonds is 5. The molecule has 1 saturated carbocycles. The second-order valence-corrected chi connectivity index (χ2v) is 6.65. The van der Waals surface area contributed by atoms with Gasteiger partial charge in [0.05, 0.1) is 0 Å². The maximum Gasteiger partial charge on any atom is 0.256 e. The highest BCUT2D eigenvalue weighted by molar-refractivity contribution is 5.86. The summed E-state index contributed by atoms with van der Waals surface area (Å²) in [4.78, 5) is 12.6. The van der Waals surface area contributed by atoms with Crippen LogP contribution >= 0.6 is 0 Å². The minimum atomic E-state index is -1.45. The molecule has 1 aliphatic carbocycles. The fourth-order valence-corrected chi connectivity index (χ4v) is 3.61. The van der Waals surface area contributed by atoms with Crippen molar-refractivity contribution in [1.82, 2.24) is 10.6 Å². The lowest BCUT2D eigenvalue weighted by atomic mass is 9.82. The van der Waals surface area contributed by atoms with Crippen LogP contribution in [0.4, 0.5) is 0 Å². The van der Waals surface area contributed by atoms with Crippen molar-refractivity contribution in [3.63, 3.8) is 0 Å². The van der Waals surface area contributed by atoms with Crippen LogP contribution in [0.5, 0.6) is 0 Å². The minimum absolute atomic E-state index is 0.180. The van der Waals surface area contributed by atoms with E-state index in [1.54, 1.807) is 0 Å². The van der Waals surface area contributed by atoms with Gasteiger partial charge in [-0.15, -0.1) is 0 Å². The van der Waals surface area contributed by atoms with Gasteiger partial charge in [0.1, 0.15) is 0 Å². The molecule has 4 atom stereocenters. The summed E-state index contributed by atoms with van der Waals surface area (Å²) in [6, 6.07) is 9.23. The maximum absolute atomic E-state index is 12.6. The average molecular weight is 288 g/mol. The molecule has 3 N–H and O–H groups in total. The van der Waals surface area contributed by atoms with Crippen molar-refractivity contribution in [2.24, 2.45) is 23.7 Å². The third kappa shape index (κ3) is 2.47. The number of hydrogen-bond acceptors (Lipinski definition) is 3. The summed E-state index contributed by atoms with van der Waals surface area (Å²) in [5.41, 5.74) is -0.793. The molecular weight excluding hydrogens is 264 g/mol. The minimum Gasteiger partial charge on any atom is -0.375 e. The zero-order valence-electron chi connectivity index (χ0n) is 12.7. The van der Waals surface area contributed by atoms with E-state index >= 15 is 0 Å². The summed E-state index contributed by atoms with van der Waals surface area (Å²) < 4.78 is 0. The Morgan fingerprint density at radius 3 is 2.52 bits per heavy atom. The topological polar surface area (TPSA) is 61.4 Å². The Labute approximate surface area is 125 Å². The third-order valence-corrected chi connectivity index (χ3v) is 5.16. The molecule has 0 spiro atoms. The molecule has 1 aromatic carbocycles. The molecule has 2 fully saturated rings. The van der Waals surface area contributed by atoms with Crippen LogP contribution in [0.15, 0.2) is 30.3 Å². The summed E-state index contributed by atoms with van der Waals surface area (Å²) in [6.45, 7) is 6.57. The normalized spacial score (nSPS) is 29.8. The van der Waals surface area contributed by atoms with Gasteiger partial charge in [0.2, 0.25) is 0 Å².